The highest BCUT2D eigenvalue weighted by Crippen LogP contribution is 2.43. The minimum Gasteiger partial charge on any atom is -0.506 e. The maximum Gasteiger partial charge on any atom is 0.264 e. The molecular formula is C10H5Br2ClN2O2. The molecule has 1 aromatic heterocycles. The van der Waals surface area contributed by atoms with Crippen molar-refractivity contribution in [1.82, 2.24) is 10.2 Å². The largest absolute Gasteiger partial charge is 0.506 e. The third-order valence-corrected chi connectivity index (χ3v) is 4.34. The number of phenolic OH excluding ortho intramolecular Hbond substituents is 1. The van der Waals surface area contributed by atoms with Crippen LogP contribution >= 0.6 is 43.5 Å². The van der Waals surface area contributed by atoms with Gasteiger partial charge in [0.1, 0.15) is 5.75 Å². The summed E-state index contributed by atoms with van der Waals surface area (Å²) in [6.45, 7) is 0. The molecule has 0 saturated carbocycles. The summed E-state index contributed by atoms with van der Waals surface area (Å²) in [6.07, 6.45) is 0. The zero-order valence-corrected chi connectivity index (χ0v) is 12.1. The number of nitrogens with one attached hydrogen (secondary N) is 1. The monoisotopic (exact) mass is 378 g/mol. The lowest BCUT2D eigenvalue weighted by molar-refractivity contribution is 0.473. The van der Waals surface area contributed by atoms with E-state index >= 15 is 0 Å². The minimum atomic E-state index is -0.305. The first kappa shape index (κ1) is 12.6. The molecule has 0 saturated heterocycles. The van der Waals surface area contributed by atoms with Crippen LogP contribution in [-0.4, -0.2) is 15.3 Å². The summed E-state index contributed by atoms with van der Waals surface area (Å²) in [5.41, 5.74) is 0.602. The van der Waals surface area contributed by atoms with E-state index in [0.717, 1.165) is 0 Å². The molecule has 0 unspecified atom stereocenters. The number of phenols is 1. The van der Waals surface area contributed by atoms with Crippen LogP contribution in [0.2, 0.25) is 5.02 Å². The zero-order valence-electron chi connectivity index (χ0n) is 8.17. The number of hydrogen-bond donors (Lipinski definition) is 2. The van der Waals surface area contributed by atoms with Crippen molar-refractivity contribution in [2.75, 3.05) is 0 Å². The first-order valence-corrected chi connectivity index (χ1v) is 6.39. The number of aromatic amines is 1. The Labute approximate surface area is 118 Å². The van der Waals surface area contributed by atoms with Crippen molar-refractivity contribution >= 4 is 43.5 Å². The summed E-state index contributed by atoms with van der Waals surface area (Å²) in [5, 5.41) is 16.5. The molecule has 0 fully saturated rings. The first-order valence-electron chi connectivity index (χ1n) is 4.43. The van der Waals surface area contributed by atoms with Crippen LogP contribution in [0.3, 0.4) is 0 Å². The summed E-state index contributed by atoms with van der Waals surface area (Å²) in [7, 11) is 0. The van der Waals surface area contributed by atoms with E-state index in [2.05, 4.69) is 42.1 Å². The van der Waals surface area contributed by atoms with Crippen LogP contribution in [0.25, 0.3) is 11.3 Å². The van der Waals surface area contributed by atoms with Gasteiger partial charge in [0, 0.05) is 16.1 Å². The molecule has 7 heteroatoms. The van der Waals surface area contributed by atoms with Crippen molar-refractivity contribution in [2.45, 2.75) is 0 Å². The van der Waals surface area contributed by atoms with Crippen molar-refractivity contribution in [2.24, 2.45) is 0 Å². The summed E-state index contributed by atoms with van der Waals surface area (Å²) in [5.74, 6) is -0.0299. The lowest BCUT2D eigenvalue weighted by atomic mass is 10.1. The fourth-order valence-electron chi connectivity index (χ4n) is 1.28. The Bertz CT molecular complexity index is 622. The molecule has 0 spiro atoms. The molecule has 0 bridgehead atoms. The maximum atomic E-state index is 10.9. The number of aromatic nitrogens is 2. The molecule has 0 amide bonds. The molecule has 0 aliphatic rings. The van der Waals surface area contributed by atoms with Gasteiger partial charge in [-0.05, 0) is 44.0 Å². The maximum absolute atomic E-state index is 10.9. The summed E-state index contributed by atoms with van der Waals surface area (Å²) >= 11 is 12.4. The number of rotatable bonds is 1. The molecule has 17 heavy (non-hydrogen) atoms. The third-order valence-electron chi connectivity index (χ3n) is 2.09. The second-order valence-corrected chi connectivity index (χ2v) is 5.21. The summed E-state index contributed by atoms with van der Waals surface area (Å²) < 4.78 is 0.989. The van der Waals surface area contributed by atoms with E-state index in [9.17, 15) is 9.90 Å². The van der Waals surface area contributed by atoms with E-state index in [-0.39, 0.29) is 11.3 Å². The zero-order chi connectivity index (χ0) is 12.6. The van der Waals surface area contributed by atoms with Crippen LogP contribution in [0.4, 0.5) is 0 Å². The van der Waals surface area contributed by atoms with Gasteiger partial charge in [-0.15, -0.1) is 0 Å². The Morgan fingerprint density at radius 1 is 1.35 bits per heavy atom. The van der Waals surface area contributed by atoms with E-state index in [4.69, 9.17) is 11.6 Å². The van der Waals surface area contributed by atoms with Gasteiger partial charge >= 0.3 is 0 Å². The average Bonchev–Trinajstić information content (AvgIpc) is 2.32. The van der Waals surface area contributed by atoms with Crippen LogP contribution in [0, 0.1) is 0 Å². The number of hydrogen-bond acceptors (Lipinski definition) is 3. The number of halogens is 3. The lowest BCUT2D eigenvalue weighted by Gasteiger charge is -2.08. The molecule has 0 radical (unpaired) electrons. The van der Waals surface area contributed by atoms with Crippen molar-refractivity contribution in [3.8, 4) is 17.0 Å². The minimum absolute atomic E-state index is 0.0299. The van der Waals surface area contributed by atoms with Gasteiger partial charge in [-0.2, -0.15) is 5.10 Å². The number of aromatic hydroxyl groups is 1. The predicted octanol–water partition coefficient (Wildman–Crippen LogP) is 3.32. The molecule has 0 aliphatic carbocycles. The van der Waals surface area contributed by atoms with Gasteiger partial charge < -0.3 is 5.11 Å². The summed E-state index contributed by atoms with van der Waals surface area (Å²) in [6, 6.07) is 4.47. The molecule has 2 aromatic rings. The van der Waals surface area contributed by atoms with Crippen LogP contribution in [-0.2, 0) is 0 Å². The van der Waals surface area contributed by atoms with Crippen LogP contribution in [0.15, 0.2) is 31.9 Å². The molecule has 1 heterocycles. The molecule has 4 nitrogen and oxygen atoms in total. The molecule has 0 atom stereocenters. The Morgan fingerprint density at radius 3 is 2.65 bits per heavy atom. The number of nitrogens with zero attached hydrogens (tertiary/aromatic N) is 1. The SMILES string of the molecule is O=c1ccc(-c2cc(Br)c(Cl)c(Br)c2O)n[nH]1. The molecule has 0 aliphatic heterocycles. The highest BCUT2D eigenvalue weighted by molar-refractivity contribution is 9.11. The van der Waals surface area contributed by atoms with Crippen molar-refractivity contribution in [3.63, 3.8) is 0 Å². The molecule has 88 valence electrons. The molecule has 2 N–H and O–H groups in total. The van der Waals surface area contributed by atoms with Crippen molar-refractivity contribution in [3.05, 3.63) is 42.5 Å². The molecule has 2 rings (SSSR count). The summed E-state index contributed by atoms with van der Waals surface area (Å²) in [4.78, 5) is 10.9. The highest BCUT2D eigenvalue weighted by atomic mass is 79.9. The Morgan fingerprint density at radius 2 is 2.06 bits per heavy atom. The lowest BCUT2D eigenvalue weighted by Crippen LogP contribution is -2.05. The highest BCUT2D eigenvalue weighted by Gasteiger charge is 2.15. The Balaban J connectivity index is 2.68. The van der Waals surface area contributed by atoms with Crippen molar-refractivity contribution < 1.29 is 5.11 Å². The van der Waals surface area contributed by atoms with E-state index in [1.165, 1.54) is 12.1 Å². The second-order valence-electron chi connectivity index (χ2n) is 3.19. The fourth-order valence-corrected chi connectivity index (χ4v) is 2.54. The van der Waals surface area contributed by atoms with Gasteiger partial charge in [0.15, 0.2) is 0 Å². The Kier molecular flexibility index (Phi) is 3.56. The van der Waals surface area contributed by atoms with Crippen LogP contribution in [0.5, 0.6) is 5.75 Å². The van der Waals surface area contributed by atoms with Crippen LogP contribution in [0.1, 0.15) is 0 Å². The molecular weight excluding hydrogens is 375 g/mol. The van der Waals surface area contributed by atoms with Gasteiger partial charge in [-0.25, -0.2) is 5.10 Å². The second kappa shape index (κ2) is 4.80. The van der Waals surface area contributed by atoms with Crippen molar-refractivity contribution in [1.29, 1.82) is 0 Å². The van der Waals surface area contributed by atoms with Crippen LogP contribution < -0.4 is 5.56 Å². The first-order chi connectivity index (χ1) is 8.00. The molecule has 1 aromatic carbocycles. The smallest absolute Gasteiger partial charge is 0.264 e. The van der Waals surface area contributed by atoms with Gasteiger partial charge in [0.05, 0.1) is 15.2 Å². The third kappa shape index (κ3) is 2.38. The topological polar surface area (TPSA) is 66.0 Å². The number of benzene rings is 1. The number of H-pyrrole nitrogens is 1. The standard InChI is InChI=1S/C10H5Br2ClN2O2/c11-5-3-4(10(17)8(12)9(5)13)6-1-2-7(16)15-14-6/h1-3,17H,(H,15,16). The normalized spacial score (nSPS) is 10.5. The predicted molar refractivity (Wildman–Crippen MR) is 72.4 cm³/mol. The van der Waals surface area contributed by atoms with E-state index < -0.39 is 0 Å². The van der Waals surface area contributed by atoms with E-state index in [0.29, 0.717) is 25.2 Å². The van der Waals surface area contributed by atoms with E-state index in [1.54, 1.807) is 6.07 Å². The average molecular weight is 380 g/mol. The Hall–Kier alpha value is -0.850. The fraction of sp³-hybridized carbons (Fsp3) is 0. The van der Waals surface area contributed by atoms with Gasteiger partial charge in [0.2, 0.25) is 0 Å². The van der Waals surface area contributed by atoms with E-state index in [1.807, 2.05) is 0 Å². The quantitative estimate of drug-likeness (QED) is 0.746. The van der Waals surface area contributed by atoms with Gasteiger partial charge in [-0.3, -0.25) is 4.79 Å². The van der Waals surface area contributed by atoms with Gasteiger partial charge in [-0.1, -0.05) is 11.6 Å². The van der Waals surface area contributed by atoms with Gasteiger partial charge in [0.25, 0.3) is 5.56 Å².